The summed E-state index contributed by atoms with van der Waals surface area (Å²) in [4.78, 5) is 7.23. The van der Waals surface area contributed by atoms with E-state index in [0.29, 0.717) is 6.54 Å². The predicted molar refractivity (Wildman–Crippen MR) is 113 cm³/mol. The third-order valence-electron chi connectivity index (χ3n) is 5.11. The van der Waals surface area contributed by atoms with E-state index in [1.54, 1.807) is 11.8 Å². The van der Waals surface area contributed by atoms with Crippen molar-refractivity contribution < 1.29 is 0 Å². The molecule has 3 nitrogen and oxygen atoms in total. The average Bonchev–Trinajstić information content (AvgIpc) is 3.10. The third-order valence-corrected chi connectivity index (χ3v) is 6.31. The van der Waals surface area contributed by atoms with Crippen molar-refractivity contribution in [1.82, 2.24) is 4.90 Å². The molecule has 1 atom stereocenters. The standard InChI is InChI=1S/C21H24ClN3S/c22-19-8-4-7-18-14-23-21(24-20(18)19)26-12-11-25-10-9-17(15-25)13-16-5-2-1-3-6-16/h1-8,17H,9-15H2,(H,23,24). The number of hydrogen-bond donors (Lipinski definition) is 1. The number of aliphatic imine (C=N–C) groups is 1. The lowest BCUT2D eigenvalue weighted by Gasteiger charge is -2.20. The summed E-state index contributed by atoms with van der Waals surface area (Å²) >= 11 is 8.09. The molecule has 2 aromatic rings. The molecule has 0 radical (unpaired) electrons. The van der Waals surface area contributed by atoms with Gasteiger partial charge in [0.15, 0.2) is 5.17 Å². The highest BCUT2D eigenvalue weighted by Crippen LogP contribution is 2.30. The lowest BCUT2D eigenvalue weighted by atomic mass is 9.99. The van der Waals surface area contributed by atoms with Crippen LogP contribution in [0.5, 0.6) is 0 Å². The Morgan fingerprint density at radius 2 is 2.04 bits per heavy atom. The summed E-state index contributed by atoms with van der Waals surface area (Å²) in [6, 6.07) is 16.9. The first kappa shape index (κ1) is 17.9. The highest BCUT2D eigenvalue weighted by atomic mass is 35.5. The Hall–Kier alpha value is -1.49. The van der Waals surface area contributed by atoms with E-state index in [2.05, 4.69) is 51.6 Å². The molecule has 2 aliphatic heterocycles. The maximum atomic E-state index is 6.29. The van der Waals surface area contributed by atoms with Crippen LogP contribution in [0.2, 0.25) is 5.02 Å². The van der Waals surface area contributed by atoms with Crippen molar-refractivity contribution in [2.45, 2.75) is 19.4 Å². The van der Waals surface area contributed by atoms with Crippen molar-refractivity contribution in [2.75, 3.05) is 30.7 Å². The van der Waals surface area contributed by atoms with Crippen molar-refractivity contribution in [3.63, 3.8) is 0 Å². The topological polar surface area (TPSA) is 27.6 Å². The first-order chi connectivity index (χ1) is 12.8. The molecule has 136 valence electrons. The van der Waals surface area contributed by atoms with Crippen molar-refractivity contribution >= 4 is 34.2 Å². The van der Waals surface area contributed by atoms with Crippen LogP contribution in [0.15, 0.2) is 53.5 Å². The molecule has 1 unspecified atom stereocenters. The zero-order valence-electron chi connectivity index (χ0n) is 14.8. The van der Waals surface area contributed by atoms with Crippen LogP contribution >= 0.6 is 23.4 Å². The Kier molecular flexibility index (Phi) is 5.83. The van der Waals surface area contributed by atoms with Crippen molar-refractivity contribution in [1.29, 1.82) is 0 Å². The van der Waals surface area contributed by atoms with Crippen molar-refractivity contribution in [2.24, 2.45) is 10.9 Å². The molecule has 1 fully saturated rings. The molecule has 0 amide bonds. The Labute approximate surface area is 164 Å². The highest BCUT2D eigenvalue weighted by Gasteiger charge is 2.22. The molecular formula is C21H24ClN3S. The van der Waals surface area contributed by atoms with Crippen molar-refractivity contribution in [3.05, 3.63) is 64.7 Å². The molecule has 2 aliphatic rings. The monoisotopic (exact) mass is 385 g/mol. The quantitative estimate of drug-likeness (QED) is 0.791. The average molecular weight is 386 g/mol. The Morgan fingerprint density at radius 1 is 1.15 bits per heavy atom. The van der Waals surface area contributed by atoms with Crippen LogP contribution in [0.3, 0.4) is 0 Å². The molecule has 1 N–H and O–H groups in total. The highest BCUT2D eigenvalue weighted by molar-refractivity contribution is 8.14. The van der Waals surface area contributed by atoms with E-state index in [-0.39, 0.29) is 0 Å². The number of anilines is 1. The normalized spacial score (nSPS) is 19.7. The molecule has 2 aromatic carbocycles. The summed E-state index contributed by atoms with van der Waals surface area (Å²) in [5.41, 5.74) is 3.66. The van der Waals surface area contributed by atoms with Gasteiger partial charge in [0.25, 0.3) is 0 Å². The van der Waals surface area contributed by atoms with Gasteiger partial charge < -0.3 is 10.2 Å². The fourth-order valence-corrected chi connectivity index (χ4v) is 4.84. The van der Waals surface area contributed by atoms with Crippen LogP contribution in [-0.2, 0) is 13.0 Å². The van der Waals surface area contributed by atoms with Gasteiger partial charge >= 0.3 is 0 Å². The van der Waals surface area contributed by atoms with Gasteiger partial charge in [-0.25, -0.2) is 0 Å². The number of hydrogen-bond acceptors (Lipinski definition) is 4. The first-order valence-electron chi connectivity index (χ1n) is 9.26. The fourth-order valence-electron chi connectivity index (χ4n) is 3.73. The molecule has 0 bridgehead atoms. The second-order valence-electron chi connectivity index (χ2n) is 7.01. The molecule has 0 saturated carbocycles. The minimum absolute atomic E-state index is 0.716. The number of nitrogens with zero attached hydrogens (tertiary/aromatic N) is 2. The summed E-state index contributed by atoms with van der Waals surface area (Å²) in [5, 5.41) is 5.16. The van der Waals surface area contributed by atoms with Crippen LogP contribution in [0.25, 0.3) is 0 Å². The summed E-state index contributed by atoms with van der Waals surface area (Å²) < 4.78 is 0. The van der Waals surface area contributed by atoms with Gasteiger partial charge in [0, 0.05) is 18.8 Å². The van der Waals surface area contributed by atoms with Crippen LogP contribution in [0.1, 0.15) is 17.5 Å². The Bertz CT molecular complexity index is 778. The largest absolute Gasteiger partial charge is 0.333 e. The van der Waals surface area contributed by atoms with Gasteiger partial charge in [0.2, 0.25) is 0 Å². The number of amidine groups is 1. The van der Waals surface area contributed by atoms with Crippen LogP contribution in [0, 0.1) is 5.92 Å². The predicted octanol–water partition coefficient (Wildman–Crippen LogP) is 4.92. The van der Waals surface area contributed by atoms with E-state index >= 15 is 0 Å². The van der Waals surface area contributed by atoms with E-state index in [9.17, 15) is 0 Å². The molecule has 5 heteroatoms. The molecule has 0 aliphatic carbocycles. The molecular weight excluding hydrogens is 362 g/mol. The number of likely N-dealkylation sites (tertiary alicyclic amines) is 1. The number of benzene rings is 2. The summed E-state index contributed by atoms with van der Waals surface area (Å²) in [6.07, 6.45) is 2.51. The van der Waals surface area contributed by atoms with E-state index in [0.717, 1.165) is 34.1 Å². The van der Waals surface area contributed by atoms with E-state index in [4.69, 9.17) is 11.6 Å². The summed E-state index contributed by atoms with van der Waals surface area (Å²) in [5.74, 6) is 1.85. The fraction of sp³-hybridized carbons (Fsp3) is 0.381. The first-order valence-corrected chi connectivity index (χ1v) is 10.6. The van der Waals surface area contributed by atoms with Crippen LogP contribution < -0.4 is 5.32 Å². The summed E-state index contributed by atoms with van der Waals surface area (Å²) in [6.45, 7) is 4.26. The molecule has 0 aromatic heterocycles. The Balaban J connectivity index is 1.21. The lowest BCUT2D eigenvalue weighted by Crippen LogP contribution is -2.25. The zero-order valence-corrected chi connectivity index (χ0v) is 16.4. The van der Waals surface area contributed by atoms with Gasteiger partial charge in [-0.15, -0.1) is 0 Å². The number of para-hydroxylation sites is 1. The number of rotatable bonds is 5. The zero-order chi connectivity index (χ0) is 17.8. The number of fused-ring (bicyclic) bond motifs is 1. The minimum atomic E-state index is 0.716. The SMILES string of the molecule is Clc1cccc2c1NC(SCCN1CCC(Cc3ccccc3)C1)=NC2. The number of halogens is 1. The Morgan fingerprint density at radius 3 is 2.92 bits per heavy atom. The van der Waals surface area contributed by atoms with Gasteiger partial charge in [-0.2, -0.15) is 0 Å². The number of nitrogens with one attached hydrogen (secondary N) is 1. The third kappa shape index (κ3) is 4.43. The maximum absolute atomic E-state index is 6.29. The van der Waals surface area contributed by atoms with Gasteiger partial charge in [0.05, 0.1) is 17.3 Å². The smallest absolute Gasteiger partial charge is 0.161 e. The lowest BCUT2D eigenvalue weighted by molar-refractivity contribution is 0.345. The molecule has 4 rings (SSSR count). The molecule has 26 heavy (non-hydrogen) atoms. The second kappa shape index (κ2) is 8.47. The van der Waals surface area contributed by atoms with Gasteiger partial charge in [0.1, 0.15) is 0 Å². The minimum Gasteiger partial charge on any atom is -0.333 e. The molecule has 1 saturated heterocycles. The van der Waals surface area contributed by atoms with E-state index in [1.807, 2.05) is 12.1 Å². The van der Waals surface area contributed by atoms with Crippen molar-refractivity contribution in [3.8, 4) is 0 Å². The second-order valence-corrected chi connectivity index (χ2v) is 8.50. The van der Waals surface area contributed by atoms with Gasteiger partial charge in [-0.3, -0.25) is 4.99 Å². The summed E-state index contributed by atoms with van der Waals surface area (Å²) in [7, 11) is 0. The molecule has 2 heterocycles. The van der Waals surface area contributed by atoms with E-state index < -0.39 is 0 Å². The van der Waals surface area contributed by atoms with Gasteiger partial charge in [-0.1, -0.05) is 65.8 Å². The number of thioether (sulfide) groups is 1. The van der Waals surface area contributed by atoms with Crippen LogP contribution in [-0.4, -0.2) is 35.5 Å². The van der Waals surface area contributed by atoms with Gasteiger partial charge in [-0.05, 0) is 42.5 Å². The maximum Gasteiger partial charge on any atom is 0.161 e. The van der Waals surface area contributed by atoms with E-state index in [1.165, 1.54) is 37.1 Å². The molecule has 0 spiro atoms. The van der Waals surface area contributed by atoms with Crippen LogP contribution in [0.4, 0.5) is 5.69 Å².